The summed E-state index contributed by atoms with van der Waals surface area (Å²) in [6.07, 6.45) is 10.3. The lowest BCUT2D eigenvalue weighted by Crippen LogP contribution is -2.16. The molecule has 0 atom stereocenters. The molecule has 0 radical (unpaired) electrons. The van der Waals surface area contributed by atoms with Crippen molar-refractivity contribution in [1.82, 2.24) is 20.7 Å². The number of nitrogens with zero attached hydrogens (tertiary/aromatic N) is 2. The van der Waals surface area contributed by atoms with Crippen molar-refractivity contribution in [2.24, 2.45) is 0 Å². The number of aromatic nitrogens is 3. The van der Waals surface area contributed by atoms with E-state index in [0.29, 0.717) is 0 Å². The SMILES string of the molecule is CCCCCCCCCNCc1n[nH]nc1Cc1ccccc1. The summed E-state index contributed by atoms with van der Waals surface area (Å²) in [6, 6.07) is 10.4. The monoisotopic (exact) mass is 314 g/mol. The van der Waals surface area contributed by atoms with Crippen LogP contribution in [0.25, 0.3) is 0 Å². The zero-order chi connectivity index (χ0) is 16.2. The average molecular weight is 314 g/mol. The number of aromatic amines is 1. The van der Waals surface area contributed by atoms with Gasteiger partial charge in [-0.15, -0.1) is 0 Å². The molecule has 0 unspecified atom stereocenters. The molecule has 0 bridgehead atoms. The summed E-state index contributed by atoms with van der Waals surface area (Å²) in [5.74, 6) is 0. The average Bonchev–Trinajstić information content (AvgIpc) is 3.01. The Morgan fingerprint density at radius 3 is 2.35 bits per heavy atom. The molecule has 1 aromatic heterocycles. The van der Waals surface area contributed by atoms with E-state index in [2.05, 4.69) is 51.9 Å². The van der Waals surface area contributed by atoms with E-state index in [1.165, 1.54) is 50.5 Å². The molecule has 0 aliphatic heterocycles. The number of unbranched alkanes of at least 4 members (excludes halogenated alkanes) is 6. The normalized spacial score (nSPS) is 11.0. The largest absolute Gasteiger partial charge is 0.311 e. The van der Waals surface area contributed by atoms with Crippen LogP contribution < -0.4 is 5.32 Å². The fourth-order valence-corrected chi connectivity index (χ4v) is 2.76. The minimum Gasteiger partial charge on any atom is -0.311 e. The lowest BCUT2D eigenvalue weighted by molar-refractivity contribution is 0.559. The van der Waals surface area contributed by atoms with Gasteiger partial charge in [-0.1, -0.05) is 75.8 Å². The summed E-state index contributed by atoms with van der Waals surface area (Å²) >= 11 is 0. The van der Waals surface area contributed by atoms with Crippen LogP contribution >= 0.6 is 0 Å². The Balaban J connectivity index is 1.60. The molecule has 0 saturated heterocycles. The summed E-state index contributed by atoms with van der Waals surface area (Å²) in [4.78, 5) is 0. The highest BCUT2D eigenvalue weighted by Gasteiger charge is 2.07. The van der Waals surface area contributed by atoms with Gasteiger partial charge in [-0.05, 0) is 18.5 Å². The third kappa shape index (κ3) is 6.95. The summed E-state index contributed by atoms with van der Waals surface area (Å²) in [7, 11) is 0. The molecular weight excluding hydrogens is 284 g/mol. The Morgan fingerprint density at radius 1 is 0.870 bits per heavy atom. The number of hydrogen-bond acceptors (Lipinski definition) is 3. The van der Waals surface area contributed by atoms with Crippen molar-refractivity contribution < 1.29 is 0 Å². The maximum Gasteiger partial charge on any atom is 0.0997 e. The Kier molecular flexibility index (Phi) is 8.41. The first kappa shape index (κ1) is 17.7. The highest BCUT2D eigenvalue weighted by molar-refractivity contribution is 5.23. The fraction of sp³-hybridized carbons (Fsp3) is 0.579. The molecule has 4 heteroatoms. The van der Waals surface area contributed by atoms with Crippen LogP contribution in [0.3, 0.4) is 0 Å². The van der Waals surface area contributed by atoms with E-state index in [-0.39, 0.29) is 0 Å². The van der Waals surface area contributed by atoms with Crippen LogP contribution in [-0.4, -0.2) is 22.0 Å². The minimum atomic E-state index is 0.800. The molecule has 2 N–H and O–H groups in total. The zero-order valence-electron chi connectivity index (χ0n) is 14.4. The molecule has 0 aliphatic rings. The minimum absolute atomic E-state index is 0.800. The molecule has 126 valence electrons. The van der Waals surface area contributed by atoms with Gasteiger partial charge in [0.05, 0.1) is 11.4 Å². The van der Waals surface area contributed by atoms with Gasteiger partial charge < -0.3 is 5.32 Å². The van der Waals surface area contributed by atoms with Gasteiger partial charge in [-0.25, -0.2) is 0 Å². The molecule has 0 saturated carbocycles. The molecule has 2 aromatic rings. The van der Waals surface area contributed by atoms with Crippen molar-refractivity contribution in [3.05, 3.63) is 47.3 Å². The molecule has 23 heavy (non-hydrogen) atoms. The van der Waals surface area contributed by atoms with Gasteiger partial charge in [0, 0.05) is 13.0 Å². The predicted octanol–water partition coefficient (Wildman–Crippen LogP) is 4.24. The van der Waals surface area contributed by atoms with E-state index in [1.54, 1.807) is 0 Å². The molecule has 1 heterocycles. The number of benzene rings is 1. The lowest BCUT2D eigenvalue weighted by Gasteiger charge is -2.05. The molecule has 0 spiro atoms. The molecule has 2 rings (SSSR count). The molecule has 1 aromatic carbocycles. The second-order valence-corrected chi connectivity index (χ2v) is 6.18. The predicted molar refractivity (Wildman–Crippen MR) is 95.3 cm³/mol. The van der Waals surface area contributed by atoms with E-state index in [9.17, 15) is 0 Å². The van der Waals surface area contributed by atoms with Gasteiger partial charge >= 0.3 is 0 Å². The van der Waals surface area contributed by atoms with E-state index in [1.807, 2.05) is 6.07 Å². The second-order valence-electron chi connectivity index (χ2n) is 6.18. The maximum absolute atomic E-state index is 4.29. The number of hydrogen-bond donors (Lipinski definition) is 2. The first-order valence-corrected chi connectivity index (χ1v) is 9.03. The summed E-state index contributed by atoms with van der Waals surface area (Å²) in [5.41, 5.74) is 3.36. The van der Waals surface area contributed by atoms with Gasteiger partial charge in [-0.3, -0.25) is 0 Å². The third-order valence-corrected chi connectivity index (χ3v) is 4.17. The molecule has 0 aliphatic carbocycles. The Hall–Kier alpha value is -1.68. The molecule has 4 nitrogen and oxygen atoms in total. The highest BCUT2D eigenvalue weighted by Crippen LogP contribution is 2.10. The van der Waals surface area contributed by atoms with Crippen LogP contribution in [0.5, 0.6) is 0 Å². The Morgan fingerprint density at radius 2 is 1.57 bits per heavy atom. The highest BCUT2D eigenvalue weighted by atomic mass is 15.3. The van der Waals surface area contributed by atoms with Crippen molar-refractivity contribution in [2.45, 2.75) is 64.8 Å². The van der Waals surface area contributed by atoms with Crippen LogP contribution in [0.1, 0.15) is 68.8 Å². The molecular formula is C19H30N4. The molecule has 0 amide bonds. The number of nitrogens with one attached hydrogen (secondary N) is 2. The van der Waals surface area contributed by atoms with Crippen molar-refractivity contribution >= 4 is 0 Å². The van der Waals surface area contributed by atoms with E-state index in [0.717, 1.165) is 30.9 Å². The van der Waals surface area contributed by atoms with Crippen LogP contribution in [0.15, 0.2) is 30.3 Å². The van der Waals surface area contributed by atoms with Crippen molar-refractivity contribution in [1.29, 1.82) is 0 Å². The summed E-state index contributed by atoms with van der Waals surface area (Å²) in [6.45, 7) is 4.12. The van der Waals surface area contributed by atoms with Crippen LogP contribution in [-0.2, 0) is 13.0 Å². The van der Waals surface area contributed by atoms with Gasteiger partial charge in [0.2, 0.25) is 0 Å². The topological polar surface area (TPSA) is 53.6 Å². The van der Waals surface area contributed by atoms with Crippen LogP contribution in [0.4, 0.5) is 0 Å². The van der Waals surface area contributed by atoms with Crippen LogP contribution in [0.2, 0.25) is 0 Å². The van der Waals surface area contributed by atoms with E-state index >= 15 is 0 Å². The summed E-state index contributed by atoms with van der Waals surface area (Å²) < 4.78 is 0. The van der Waals surface area contributed by atoms with Crippen LogP contribution in [0, 0.1) is 0 Å². The van der Waals surface area contributed by atoms with Crippen molar-refractivity contribution in [2.75, 3.05) is 6.54 Å². The van der Waals surface area contributed by atoms with E-state index in [4.69, 9.17) is 0 Å². The standard InChI is InChI=1S/C19H30N4/c1-2-3-4-5-6-7-11-14-20-16-19-18(21-23-22-19)15-17-12-9-8-10-13-17/h8-10,12-13,20H,2-7,11,14-16H2,1H3,(H,21,22,23). The first-order chi connectivity index (χ1) is 11.4. The second kappa shape index (κ2) is 10.9. The van der Waals surface area contributed by atoms with Gasteiger partial charge in [0.1, 0.15) is 0 Å². The smallest absolute Gasteiger partial charge is 0.0997 e. The van der Waals surface area contributed by atoms with E-state index < -0.39 is 0 Å². The lowest BCUT2D eigenvalue weighted by atomic mass is 10.1. The quantitative estimate of drug-likeness (QED) is 0.576. The number of rotatable bonds is 12. The van der Waals surface area contributed by atoms with Gasteiger partial charge in [0.15, 0.2) is 0 Å². The van der Waals surface area contributed by atoms with Crippen molar-refractivity contribution in [3.8, 4) is 0 Å². The fourth-order valence-electron chi connectivity index (χ4n) is 2.76. The molecule has 0 fully saturated rings. The zero-order valence-corrected chi connectivity index (χ0v) is 14.4. The van der Waals surface area contributed by atoms with Crippen molar-refractivity contribution in [3.63, 3.8) is 0 Å². The Bertz CT molecular complexity index is 521. The third-order valence-electron chi connectivity index (χ3n) is 4.17. The summed E-state index contributed by atoms with van der Waals surface area (Å²) in [5, 5.41) is 14.8. The Labute approximate surface area is 140 Å². The first-order valence-electron chi connectivity index (χ1n) is 9.03. The number of H-pyrrole nitrogens is 1. The van der Waals surface area contributed by atoms with Gasteiger partial charge in [0.25, 0.3) is 0 Å². The van der Waals surface area contributed by atoms with Gasteiger partial charge in [-0.2, -0.15) is 15.4 Å². The maximum atomic E-state index is 4.29.